The largest absolute Gasteiger partial charge is 0.468 e. The molecule has 1 aliphatic rings. The predicted molar refractivity (Wildman–Crippen MR) is 74.8 cm³/mol. The number of nitrogens with zero attached hydrogens (tertiary/aromatic N) is 1. The Morgan fingerprint density at radius 3 is 2.80 bits per heavy atom. The zero-order valence-corrected chi connectivity index (χ0v) is 12.4. The van der Waals surface area contributed by atoms with E-state index in [0.717, 1.165) is 4.31 Å². The quantitative estimate of drug-likeness (QED) is 0.669. The van der Waals surface area contributed by atoms with Gasteiger partial charge in [-0.2, -0.15) is 4.31 Å². The molecule has 1 atom stereocenters. The number of esters is 1. The molecule has 1 heterocycles. The van der Waals surface area contributed by atoms with Gasteiger partial charge in [-0.25, -0.2) is 8.42 Å². The van der Waals surface area contributed by atoms with Gasteiger partial charge >= 0.3 is 5.97 Å². The van der Waals surface area contributed by atoms with Crippen LogP contribution in [-0.4, -0.2) is 38.4 Å². The molecule has 2 N–H and O–H groups in total. The molecule has 0 bridgehead atoms. The third-order valence-corrected chi connectivity index (χ3v) is 5.69. The Morgan fingerprint density at radius 1 is 1.50 bits per heavy atom. The summed E-state index contributed by atoms with van der Waals surface area (Å²) in [6.07, 6.45) is 1.01. The topological polar surface area (TPSA) is 89.7 Å². The first-order valence-corrected chi connectivity index (χ1v) is 7.85. The van der Waals surface area contributed by atoms with Gasteiger partial charge in [0.25, 0.3) is 0 Å². The molecule has 110 valence electrons. The van der Waals surface area contributed by atoms with Gasteiger partial charge in [-0.15, -0.1) is 0 Å². The monoisotopic (exact) mass is 318 g/mol. The van der Waals surface area contributed by atoms with Crippen molar-refractivity contribution in [3.63, 3.8) is 0 Å². The van der Waals surface area contributed by atoms with Gasteiger partial charge in [0.1, 0.15) is 10.9 Å². The lowest BCUT2D eigenvalue weighted by Crippen LogP contribution is -2.41. The minimum atomic E-state index is -3.93. The summed E-state index contributed by atoms with van der Waals surface area (Å²) in [6, 6.07) is 3.66. The molecule has 0 radical (unpaired) electrons. The second-order valence-electron chi connectivity index (χ2n) is 4.46. The van der Waals surface area contributed by atoms with Crippen LogP contribution in [0.1, 0.15) is 12.8 Å². The van der Waals surface area contributed by atoms with E-state index in [0.29, 0.717) is 12.8 Å². The molecule has 8 heteroatoms. The summed E-state index contributed by atoms with van der Waals surface area (Å²) in [5.41, 5.74) is 5.79. The lowest BCUT2D eigenvalue weighted by Gasteiger charge is -2.23. The normalized spacial score (nSPS) is 20.0. The van der Waals surface area contributed by atoms with Crippen LogP contribution >= 0.6 is 11.6 Å². The highest BCUT2D eigenvalue weighted by molar-refractivity contribution is 7.89. The highest BCUT2D eigenvalue weighted by Gasteiger charge is 2.41. The SMILES string of the molecule is COC(=O)C1CCCN1S(=O)(=O)c1c(N)cccc1Cl. The summed E-state index contributed by atoms with van der Waals surface area (Å²) in [6.45, 7) is 0.243. The van der Waals surface area contributed by atoms with E-state index in [-0.39, 0.29) is 22.2 Å². The van der Waals surface area contributed by atoms with Gasteiger partial charge in [0.05, 0.1) is 17.8 Å². The van der Waals surface area contributed by atoms with Crippen molar-refractivity contribution >= 4 is 33.3 Å². The maximum atomic E-state index is 12.7. The molecule has 0 saturated carbocycles. The van der Waals surface area contributed by atoms with Crippen molar-refractivity contribution in [3.05, 3.63) is 23.2 Å². The fourth-order valence-electron chi connectivity index (χ4n) is 2.31. The van der Waals surface area contributed by atoms with Crippen molar-refractivity contribution in [2.75, 3.05) is 19.4 Å². The number of rotatable bonds is 3. The van der Waals surface area contributed by atoms with E-state index in [1.807, 2.05) is 0 Å². The molecule has 0 spiro atoms. The van der Waals surface area contributed by atoms with E-state index < -0.39 is 22.0 Å². The highest BCUT2D eigenvalue weighted by atomic mass is 35.5. The molecule has 1 aromatic rings. The van der Waals surface area contributed by atoms with Crippen LogP contribution in [0.4, 0.5) is 5.69 Å². The first-order chi connectivity index (χ1) is 9.39. The third kappa shape index (κ3) is 2.48. The minimum absolute atomic E-state index is 0.0421. The molecular formula is C12H15ClN2O4S. The molecule has 6 nitrogen and oxygen atoms in total. The maximum Gasteiger partial charge on any atom is 0.324 e. The molecule has 0 amide bonds. The van der Waals surface area contributed by atoms with Gasteiger partial charge in [-0.3, -0.25) is 4.79 Å². The standard InChI is InChI=1S/C12H15ClN2O4S/c1-19-12(16)10-6-3-7-15(10)20(17,18)11-8(13)4-2-5-9(11)14/h2,4-5,10H,3,6-7,14H2,1H3. The van der Waals surface area contributed by atoms with Crippen LogP contribution in [0.5, 0.6) is 0 Å². The van der Waals surface area contributed by atoms with Gasteiger partial charge in [0.15, 0.2) is 0 Å². The lowest BCUT2D eigenvalue weighted by molar-refractivity contribution is -0.144. The Labute approximate surface area is 122 Å². The number of ether oxygens (including phenoxy) is 1. The Bertz CT molecular complexity index is 612. The fraction of sp³-hybridized carbons (Fsp3) is 0.417. The van der Waals surface area contributed by atoms with Crippen LogP contribution < -0.4 is 5.73 Å². The average molecular weight is 319 g/mol. The van der Waals surface area contributed by atoms with Crippen LogP contribution in [0.3, 0.4) is 0 Å². The van der Waals surface area contributed by atoms with E-state index >= 15 is 0 Å². The van der Waals surface area contributed by atoms with Crippen LogP contribution in [0.25, 0.3) is 0 Å². The molecule has 20 heavy (non-hydrogen) atoms. The van der Waals surface area contributed by atoms with E-state index in [2.05, 4.69) is 4.74 Å². The van der Waals surface area contributed by atoms with Crippen molar-refractivity contribution in [1.82, 2.24) is 4.31 Å². The smallest absolute Gasteiger partial charge is 0.324 e. The number of methoxy groups -OCH3 is 1. The second-order valence-corrected chi connectivity index (χ2v) is 6.69. The van der Waals surface area contributed by atoms with Crippen LogP contribution in [0, 0.1) is 0 Å². The zero-order chi connectivity index (χ0) is 14.9. The molecule has 1 saturated heterocycles. The molecule has 0 aliphatic carbocycles. The summed E-state index contributed by atoms with van der Waals surface area (Å²) in [5, 5.41) is 0.0421. The summed E-state index contributed by atoms with van der Waals surface area (Å²) in [7, 11) is -2.70. The van der Waals surface area contributed by atoms with Crippen molar-refractivity contribution < 1.29 is 17.9 Å². The van der Waals surface area contributed by atoms with Gasteiger partial charge in [0, 0.05) is 6.54 Å². The van der Waals surface area contributed by atoms with Gasteiger partial charge < -0.3 is 10.5 Å². The van der Waals surface area contributed by atoms with Crippen LogP contribution in [0.15, 0.2) is 23.1 Å². The number of carbonyl (C=O) groups excluding carboxylic acids is 1. The van der Waals surface area contributed by atoms with Crippen LogP contribution in [0.2, 0.25) is 5.02 Å². The van der Waals surface area contributed by atoms with Crippen LogP contribution in [-0.2, 0) is 19.6 Å². The van der Waals surface area contributed by atoms with Gasteiger partial charge in [-0.05, 0) is 25.0 Å². The number of anilines is 1. The van der Waals surface area contributed by atoms with E-state index in [9.17, 15) is 13.2 Å². The second kappa shape index (κ2) is 5.59. The first-order valence-electron chi connectivity index (χ1n) is 6.03. The third-order valence-electron chi connectivity index (χ3n) is 3.24. The summed E-state index contributed by atoms with van der Waals surface area (Å²) < 4.78 is 31.1. The zero-order valence-electron chi connectivity index (χ0n) is 10.9. The van der Waals surface area contributed by atoms with E-state index in [4.69, 9.17) is 17.3 Å². The Morgan fingerprint density at radius 2 is 2.20 bits per heavy atom. The maximum absolute atomic E-state index is 12.7. The molecule has 2 rings (SSSR count). The number of sulfonamides is 1. The van der Waals surface area contributed by atoms with Crippen molar-refractivity contribution in [2.45, 2.75) is 23.8 Å². The van der Waals surface area contributed by atoms with E-state index in [1.54, 1.807) is 6.07 Å². The lowest BCUT2D eigenvalue weighted by atomic mass is 10.2. The first kappa shape index (κ1) is 15.1. The number of benzene rings is 1. The molecule has 1 unspecified atom stereocenters. The number of carbonyl (C=O) groups is 1. The summed E-state index contributed by atoms with van der Waals surface area (Å²) in [5.74, 6) is -0.572. The Hall–Kier alpha value is -1.31. The number of nitrogens with two attached hydrogens (primary N) is 1. The molecule has 1 aromatic carbocycles. The average Bonchev–Trinajstić information content (AvgIpc) is 2.87. The summed E-state index contributed by atoms with van der Waals surface area (Å²) >= 11 is 5.95. The Kier molecular flexibility index (Phi) is 4.22. The van der Waals surface area contributed by atoms with Crippen molar-refractivity contribution in [3.8, 4) is 0 Å². The van der Waals surface area contributed by atoms with Crippen molar-refractivity contribution in [2.24, 2.45) is 0 Å². The molecule has 1 aliphatic heterocycles. The molecular weight excluding hydrogens is 304 g/mol. The molecule has 0 aromatic heterocycles. The fourth-order valence-corrected chi connectivity index (χ4v) is 4.60. The van der Waals surface area contributed by atoms with Crippen molar-refractivity contribution in [1.29, 1.82) is 0 Å². The molecule has 1 fully saturated rings. The van der Waals surface area contributed by atoms with Gasteiger partial charge in [-0.1, -0.05) is 17.7 Å². The Balaban J connectivity index is 2.47. The summed E-state index contributed by atoms with van der Waals surface area (Å²) in [4.78, 5) is 11.5. The predicted octanol–water partition coefficient (Wildman–Crippen LogP) is 1.25. The number of nitrogen functional groups attached to an aromatic ring is 1. The number of hydrogen-bond donors (Lipinski definition) is 1. The van der Waals surface area contributed by atoms with Gasteiger partial charge in [0.2, 0.25) is 10.0 Å². The van der Waals surface area contributed by atoms with E-state index in [1.165, 1.54) is 19.2 Å². The number of hydrogen-bond acceptors (Lipinski definition) is 5. The highest BCUT2D eigenvalue weighted by Crippen LogP contribution is 2.33. The minimum Gasteiger partial charge on any atom is -0.468 e. The number of halogens is 1.